The first kappa shape index (κ1) is 12.2. The highest BCUT2D eigenvalue weighted by Gasteiger charge is 1.94. The third kappa shape index (κ3) is 4.95. The number of nitrogens with one attached hydrogen (secondary N) is 1. The van der Waals surface area contributed by atoms with Gasteiger partial charge in [0.1, 0.15) is 11.5 Å². The standard InChI is InChI=1S/C11H17NO2S/c1-12-15-9-3-8-14-11-6-4-10(13-2)5-7-11/h4-7,12H,3,8-9H2,1-2H3. The SMILES string of the molecule is CNSCCCOc1ccc(OC)cc1. The van der Waals surface area contributed by atoms with Crippen molar-refractivity contribution in [3.8, 4) is 11.5 Å². The first-order valence-corrected chi connectivity index (χ1v) is 5.90. The summed E-state index contributed by atoms with van der Waals surface area (Å²) in [6.07, 6.45) is 1.04. The van der Waals surface area contributed by atoms with Crippen molar-refractivity contribution in [3.63, 3.8) is 0 Å². The van der Waals surface area contributed by atoms with Gasteiger partial charge in [0, 0.05) is 5.75 Å². The summed E-state index contributed by atoms with van der Waals surface area (Å²) >= 11 is 1.70. The molecular weight excluding hydrogens is 210 g/mol. The zero-order chi connectivity index (χ0) is 10.9. The molecule has 0 aliphatic carbocycles. The maximum absolute atomic E-state index is 5.56. The van der Waals surface area contributed by atoms with Crippen LogP contribution in [0, 0.1) is 0 Å². The second-order valence-corrected chi connectivity index (χ2v) is 4.04. The third-order valence-electron chi connectivity index (χ3n) is 1.86. The molecule has 0 aliphatic heterocycles. The minimum absolute atomic E-state index is 0.751. The maximum Gasteiger partial charge on any atom is 0.119 e. The average molecular weight is 227 g/mol. The Labute approximate surface area is 95.3 Å². The summed E-state index contributed by atoms with van der Waals surface area (Å²) in [6.45, 7) is 0.751. The smallest absolute Gasteiger partial charge is 0.119 e. The molecule has 0 bridgehead atoms. The molecule has 0 amide bonds. The van der Waals surface area contributed by atoms with E-state index in [4.69, 9.17) is 9.47 Å². The van der Waals surface area contributed by atoms with Gasteiger partial charge in [0.2, 0.25) is 0 Å². The van der Waals surface area contributed by atoms with Gasteiger partial charge in [-0.3, -0.25) is 4.72 Å². The van der Waals surface area contributed by atoms with Crippen LogP contribution in [0.3, 0.4) is 0 Å². The lowest BCUT2D eigenvalue weighted by Gasteiger charge is -2.06. The van der Waals surface area contributed by atoms with Crippen LogP contribution in [0.1, 0.15) is 6.42 Å². The Morgan fingerprint density at radius 3 is 2.47 bits per heavy atom. The second kappa shape index (κ2) is 7.43. The molecule has 1 N–H and O–H groups in total. The molecule has 4 heteroatoms. The highest BCUT2D eigenvalue weighted by Crippen LogP contribution is 2.17. The van der Waals surface area contributed by atoms with E-state index in [-0.39, 0.29) is 0 Å². The summed E-state index contributed by atoms with van der Waals surface area (Å²) in [4.78, 5) is 0. The van der Waals surface area contributed by atoms with Crippen molar-refractivity contribution in [3.05, 3.63) is 24.3 Å². The zero-order valence-electron chi connectivity index (χ0n) is 9.16. The molecule has 0 aliphatic rings. The Kier molecular flexibility index (Phi) is 6.04. The van der Waals surface area contributed by atoms with Crippen LogP contribution in [0.2, 0.25) is 0 Å². The molecule has 0 fully saturated rings. The molecule has 0 saturated carbocycles. The van der Waals surface area contributed by atoms with E-state index in [2.05, 4.69) is 4.72 Å². The van der Waals surface area contributed by atoms with Gasteiger partial charge in [0.15, 0.2) is 0 Å². The van der Waals surface area contributed by atoms with Gasteiger partial charge < -0.3 is 9.47 Å². The van der Waals surface area contributed by atoms with Crippen LogP contribution in [-0.2, 0) is 0 Å². The predicted octanol–water partition coefficient (Wildman–Crippen LogP) is 2.33. The monoisotopic (exact) mass is 227 g/mol. The van der Waals surface area contributed by atoms with E-state index >= 15 is 0 Å². The lowest BCUT2D eigenvalue weighted by atomic mass is 10.3. The van der Waals surface area contributed by atoms with Crippen LogP contribution in [0.15, 0.2) is 24.3 Å². The topological polar surface area (TPSA) is 30.5 Å². The Morgan fingerprint density at radius 1 is 1.20 bits per heavy atom. The van der Waals surface area contributed by atoms with Crippen LogP contribution in [-0.4, -0.2) is 26.5 Å². The van der Waals surface area contributed by atoms with E-state index in [1.165, 1.54) is 0 Å². The largest absolute Gasteiger partial charge is 0.497 e. The highest BCUT2D eigenvalue weighted by atomic mass is 32.2. The van der Waals surface area contributed by atoms with Crippen molar-refractivity contribution >= 4 is 11.9 Å². The molecule has 84 valence electrons. The number of rotatable bonds is 7. The average Bonchev–Trinajstić information content (AvgIpc) is 2.30. The maximum atomic E-state index is 5.56. The summed E-state index contributed by atoms with van der Waals surface area (Å²) in [7, 11) is 3.58. The van der Waals surface area contributed by atoms with Gasteiger partial charge in [0.05, 0.1) is 13.7 Å². The fourth-order valence-electron chi connectivity index (χ4n) is 1.10. The number of benzene rings is 1. The van der Waals surface area contributed by atoms with Gasteiger partial charge in [-0.1, -0.05) is 11.9 Å². The lowest BCUT2D eigenvalue weighted by Crippen LogP contribution is -2.01. The highest BCUT2D eigenvalue weighted by molar-refractivity contribution is 7.97. The molecule has 0 atom stereocenters. The van der Waals surface area contributed by atoms with Crippen LogP contribution in [0.5, 0.6) is 11.5 Å². The molecule has 0 radical (unpaired) electrons. The van der Waals surface area contributed by atoms with Crippen molar-refractivity contribution in [1.82, 2.24) is 4.72 Å². The Morgan fingerprint density at radius 2 is 1.87 bits per heavy atom. The minimum atomic E-state index is 0.751. The van der Waals surface area contributed by atoms with Gasteiger partial charge in [0.25, 0.3) is 0 Å². The predicted molar refractivity (Wildman–Crippen MR) is 64.6 cm³/mol. The molecule has 0 unspecified atom stereocenters. The number of hydrogen-bond donors (Lipinski definition) is 1. The molecule has 15 heavy (non-hydrogen) atoms. The Balaban J connectivity index is 2.20. The molecule has 0 spiro atoms. The van der Waals surface area contributed by atoms with Crippen molar-refractivity contribution < 1.29 is 9.47 Å². The van der Waals surface area contributed by atoms with Gasteiger partial charge in [-0.15, -0.1) is 0 Å². The number of methoxy groups -OCH3 is 1. The van der Waals surface area contributed by atoms with Crippen molar-refractivity contribution in [2.75, 3.05) is 26.5 Å². The molecule has 3 nitrogen and oxygen atoms in total. The first-order chi connectivity index (χ1) is 7.36. The van der Waals surface area contributed by atoms with Crippen molar-refractivity contribution in [2.24, 2.45) is 0 Å². The van der Waals surface area contributed by atoms with Gasteiger partial charge >= 0.3 is 0 Å². The fraction of sp³-hybridized carbons (Fsp3) is 0.455. The third-order valence-corrected chi connectivity index (χ3v) is 2.64. The van der Waals surface area contributed by atoms with Gasteiger partial charge in [-0.25, -0.2) is 0 Å². The van der Waals surface area contributed by atoms with Gasteiger partial charge in [-0.2, -0.15) is 0 Å². The molecule has 0 saturated heterocycles. The van der Waals surface area contributed by atoms with Crippen molar-refractivity contribution in [2.45, 2.75) is 6.42 Å². The van der Waals surface area contributed by atoms with E-state index in [9.17, 15) is 0 Å². The fourth-order valence-corrected chi connectivity index (χ4v) is 1.56. The molecule has 1 rings (SSSR count). The normalized spacial score (nSPS) is 10.0. The molecule has 1 aromatic rings. The van der Waals surface area contributed by atoms with Crippen LogP contribution >= 0.6 is 11.9 Å². The summed E-state index contributed by atoms with van der Waals surface area (Å²) in [5.41, 5.74) is 0. The Hall–Kier alpha value is -0.870. The van der Waals surface area contributed by atoms with Crippen molar-refractivity contribution in [1.29, 1.82) is 0 Å². The molecule has 1 aromatic carbocycles. The number of hydrogen-bond acceptors (Lipinski definition) is 4. The van der Waals surface area contributed by atoms with Crippen LogP contribution in [0.25, 0.3) is 0 Å². The summed E-state index contributed by atoms with van der Waals surface area (Å²) < 4.78 is 13.6. The minimum Gasteiger partial charge on any atom is -0.497 e. The second-order valence-electron chi connectivity index (χ2n) is 2.93. The first-order valence-electron chi connectivity index (χ1n) is 4.92. The molecular formula is C11H17NO2S. The summed E-state index contributed by atoms with van der Waals surface area (Å²) in [5.74, 6) is 2.81. The zero-order valence-corrected chi connectivity index (χ0v) is 9.97. The summed E-state index contributed by atoms with van der Waals surface area (Å²) in [5, 5.41) is 0. The van der Waals surface area contributed by atoms with E-state index in [0.717, 1.165) is 30.3 Å². The van der Waals surface area contributed by atoms with E-state index in [1.54, 1.807) is 19.1 Å². The van der Waals surface area contributed by atoms with Gasteiger partial charge in [-0.05, 0) is 37.7 Å². The quantitative estimate of drug-likeness (QED) is 0.572. The Bertz CT molecular complexity index is 264. The van der Waals surface area contributed by atoms with Crippen LogP contribution in [0.4, 0.5) is 0 Å². The van der Waals surface area contributed by atoms with E-state index in [1.807, 2.05) is 31.3 Å². The lowest BCUT2D eigenvalue weighted by molar-refractivity contribution is 0.318. The number of ether oxygens (including phenoxy) is 2. The van der Waals surface area contributed by atoms with E-state index < -0.39 is 0 Å². The molecule has 0 aromatic heterocycles. The molecule has 0 heterocycles. The summed E-state index contributed by atoms with van der Waals surface area (Å²) in [6, 6.07) is 7.64. The van der Waals surface area contributed by atoms with Crippen LogP contribution < -0.4 is 14.2 Å². The van der Waals surface area contributed by atoms with E-state index in [0.29, 0.717) is 0 Å².